The number of non-ortho nitro benzene ring substituents is 1. The smallest absolute Gasteiger partial charge is 0.419 e. The normalized spacial score (nSPS) is 10.8. The van der Waals surface area contributed by atoms with E-state index < -0.39 is 51.8 Å². The second-order valence-electron chi connectivity index (χ2n) is 23.1. The summed E-state index contributed by atoms with van der Waals surface area (Å²) in [6, 6.07) is 42.4. The molecule has 10 nitrogen and oxygen atoms in total. The van der Waals surface area contributed by atoms with Gasteiger partial charge in [0, 0.05) is 46.3 Å². The number of alkyl halides is 9. The van der Waals surface area contributed by atoms with Gasteiger partial charge in [-0.3, -0.25) is 10.1 Å². The molecule has 0 aliphatic rings. The molecule has 7 aromatic carbocycles. The zero-order valence-electron chi connectivity index (χ0n) is 62.7. The fourth-order valence-electron chi connectivity index (χ4n) is 9.41. The van der Waals surface area contributed by atoms with Crippen molar-refractivity contribution in [1.29, 1.82) is 0 Å². The van der Waals surface area contributed by atoms with Gasteiger partial charge in [0.15, 0.2) is 0 Å². The first-order valence-electron chi connectivity index (χ1n) is 34.5. The maximum Gasteiger partial charge on any atom is 0.419 e. The Balaban J connectivity index is 0.000000320. The minimum absolute atomic E-state index is 0.0889. The van der Waals surface area contributed by atoms with Crippen molar-refractivity contribution in [1.82, 2.24) is 14.8 Å². The number of allylic oxidation sites excluding steroid dienone is 1. The summed E-state index contributed by atoms with van der Waals surface area (Å²) in [5.74, 6) is 1.63. The fourth-order valence-corrected chi connectivity index (χ4v) is 10.6. The van der Waals surface area contributed by atoms with Gasteiger partial charge in [-0.25, -0.2) is 27.2 Å². The second-order valence-corrected chi connectivity index (χ2v) is 24.9. The van der Waals surface area contributed by atoms with Crippen LogP contribution < -0.4 is 9.47 Å². The van der Waals surface area contributed by atoms with Gasteiger partial charge in [0.05, 0.1) is 58.5 Å². The molecular formula is C83H89Cl2F13N4O6S. The van der Waals surface area contributed by atoms with Gasteiger partial charge in [-0.2, -0.15) is 44.6 Å². The van der Waals surface area contributed by atoms with Crippen LogP contribution in [0.5, 0.6) is 11.5 Å². The lowest BCUT2D eigenvalue weighted by Crippen LogP contribution is -2.09. The van der Waals surface area contributed by atoms with Gasteiger partial charge in [0.25, 0.3) is 5.69 Å². The van der Waals surface area contributed by atoms with E-state index in [4.69, 9.17) is 41.5 Å². The number of halogens is 15. The lowest BCUT2D eigenvalue weighted by Gasteiger charge is -2.10. The van der Waals surface area contributed by atoms with Crippen LogP contribution in [0.1, 0.15) is 148 Å². The molecule has 0 unspecified atom stereocenters. The first kappa shape index (κ1) is 93.6. The van der Waals surface area contributed by atoms with Crippen molar-refractivity contribution in [3.63, 3.8) is 0 Å². The van der Waals surface area contributed by atoms with Crippen LogP contribution in [0.2, 0.25) is 10.2 Å². The molecule has 11 rings (SSSR count). The summed E-state index contributed by atoms with van der Waals surface area (Å²) in [7, 11) is 3.17. The number of methoxy groups -OCH3 is 2. The average molecular weight is 1590 g/mol. The van der Waals surface area contributed by atoms with E-state index in [1.807, 2.05) is 93.9 Å². The van der Waals surface area contributed by atoms with Crippen LogP contribution in [-0.4, -0.2) is 33.9 Å². The summed E-state index contributed by atoms with van der Waals surface area (Å²) in [6.45, 7) is 21.4. The highest BCUT2D eigenvalue weighted by molar-refractivity contribution is 7.09. The zero-order valence-corrected chi connectivity index (χ0v) is 65.0. The van der Waals surface area contributed by atoms with E-state index in [9.17, 15) is 67.2 Å². The van der Waals surface area contributed by atoms with E-state index in [1.54, 1.807) is 87.6 Å². The van der Waals surface area contributed by atoms with Crippen LogP contribution >= 0.6 is 34.5 Å². The lowest BCUT2D eigenvalue weighted by atomic mass is 10.0. The molecule has 26 heteroatoms. The number of hydrogen-bond acceptors (Lipinski definition) is 9. The van der Waals surface area contributed by atoms with E-state index in [-0.39, 0.29) is 29.3 Å². The molecule has 0 N–H and O–H groups in total. The van der Waals surface area contributed by atoms with Gasteiger partial charge < -0.3 is 18.3 Å². The van der Waals surface area contributed by atoms with Gasteiger partial charge in [0.2, 0.25) is 0 Å². The average Bonchev–Trinajstić information content (AvgIpc) is 1.45. The fraction of sp³-hybridized carbons (Fsp3) is 0.301. The summed E-state index contributed by atoms with van der Waals surface area (Å²) >= 11 is 13.7. The molecule has 0 aliphatic carbocycles. The highest BCUT2D eigenvalue weighted by atomic mass is 35.5. The molecule has 4 heterocycles. The van der Waals surface area contributed by atoms with Crippen molar-refractivity contribution in [2.24, 2.45) is 0 Å². The quantitative estimate of drug-likeness (QED) is 0.0566. The highest BCUT2D eigenvalue weighted by Gasteiger charge is 2.35. The van der Waals surface area contributed by atoms with Crippen LogP contribution in [0, 0.1) is 40.3 Å². The second kappa shape index (κ2) is 47.3. The van der Waals surface area contributed by atoms with Crippen molar-refractivity contribution in [3.05, 3.63) is 309 Å². The Morgan fingerprint density at radius 1 is 0.587 bits per heavy atom. The van der Waals surface area contributed by atoms with Crippen molar-refractivity contribution in [3.8, 4) is 28.5 Å². The molecular weight excluding hydrogens is 1500 g/mol. The summed E-state index contributed by atoms with van der Waals surface area (Å²) in [5, 5.41) is 19.2. The highest BCUT2D eigenvalue weighted by Crippen LogP contribution is 2.35. The third kappa shape index (κ3) is 32.2. The Kier molecular flexibility index (Phi) is 40.6. The van der Waals surface area contributed by atoms with Gasteiger partial charge in [0.1, 0.15) is 57.2 Å². The van der Waals surface area contributed by atoms with Gasteiger partial charge in [-0.05, 0) is 227 Å². The predicted molar refractivity (Wildman–Crippen MR) is 409 cm³/mol. The van der Waals surface area contributed by atoms with E-state index >= 15 is 0 Å². The first-order chi connectivity index (χ1) is 51.6. The number of benzene rings is 7. The molecule has 0 bridgehead atoms. The lowest BCUT2D eigenvalue weighted by molar-refractivity contribution is -0.384. The van der Waals surface area contributed by atoms with Gasteiger partial charge >= 0.3 is 18.5 Å². The minimum Gasteiger partial charge on any atom is -0.497 e. The number of nitro groups is 1. The van der Waals surface area contributed by atoms with E-state index in [0.29, 0.717) is 52.8 Å². The van der Waals surface area contributed by atoms with Gasteiger partial charge in [-0.15, -0.1) is 11.3 Å². The van der Waals surface area contributed by atoms with Crippen LogP contribution in [0.15, 0.2) is 202 Å². The Labute approximate surface area is 642 Å². The number of ether oxygens (including phenoxy) is 2. The monoisotopic (exact) mass is 1590 g/mol. The van der Waals surface area contributed by atoms with E-state index in [1.165, 1.54) is 53.0 Å². The number of aryl methyl sites for hydroxylation is 8. The summed E-state index contributed by atoms with van der Waals surface area (Å²) in [4.78, 5) is 14.1. The first-order valence-corrected chi connectivity index (χ1v) is 36.2. The Morgan fingerprint density at radius 3 is 1.70 bits per heavy atom. The topological polar surface area (TPSA) is 119 Å². The largest absolute Gasteiger partial charge is 0.497 e. The molecule has 0 aliphatic heterocycles. The van der Waals surface area contributed by atoms with Crippen LogP contribution in [-0.2, 0) is 69.9 Å². The molecule has 0 fully saturated rings. The van der Waals surface area contributed by atoms with Crippen molar-refractivity contribution >= 4 is 46.3 Å². The molecule has 0 radical (unpaired) electrons. The molecule has 588 valence electrons. The maximum atomic E-state index is 12.9. The summed E-state index contributed by atoms with van der Waals surface area (Å²) in [6.07, 6.45) is -1.16. The molecule has 0 atom stereocenters. The number of hydrogen-bond donors (Lipinski definition) is 0. The molecule has 0 amide bonds. The molecule has 0 saturated carbocycles. The Bertz CT molecular complexity index is 4490. The number of furan rings is 2. The molecule has 0 saturated heterocycles. The van der Waals surface area contributed by atoms with Crippen molar-refractivity contribution in [2.45, 2.75) is 152 Å². The van der Waals surface area contributed by atoms with Crippen molar-refractivity contribution < 1.29 is 80.3 Å². The number of rotatable bonds is 15. The number of aromatic nitrogens is 3. The standard InChI is InChI=1S/C12H13ClN2.C12H11NO3.C9H8ClF3.2C9H8F4.2C9H11FO.C9H12O.C5H7NS/c1-3-11-9(2)14-15(12(11)13)10-7-5-4-6-8-10;1-2-11-7-8-12(16-11)9-3-5-10(6-4-9)13(14)15;1-2-6-5-7(9(11,12)13)3-4-8(6)10;1-2-6-3-4-7(10)5-8(6)9(11,12)13;1-2-6-3-4-8(10)7(5-6)9(11,12)13;1-3-7-6-8(11-2)4-5-9(7)10;1-3-7-6-8(10)4-5-9(7)11-2;1-3-8(2)7-9-5-4-6-10-9;1-2-5-6-3-4-7-5/h4-8H,3H2,1-2H3;3-8H,2H2,1H3;3*3-5H,2H2,1H3;2*4-6H,3H2,1-2H3;4-7H,3H2,1-2H3;3-4H,2H2,1H3/b;;;;;;;8-7+;. The van der Waals surface area contributed by atoms with Crippen LogP contribution in [0.25, 0.3) is 23.1 Å². The van der Waals surface area contributed by atoms with E-state index in [2.05, 4.69) is 43.9 Å². The summed E-state index contributed by atoms with van der Waals surface area (Å²) < 4.78 is 183. The van der Waals surface area contributed by atoms with Crippen LogP contribution in [0.3, 0.4) is 0 Å². The zero-order chi connectivity index (χ0) is 81.6. The third-order valence-electron chi connectivity index (χ3n) is 15.6. The summed E-state index contributed by atoms with van der Waals surface area (Å²) in [5.41, 5.74) is 5.44. The maximum absolute atomic E-state index is 12.9. The van der Waals surface area contributed by atoms with Crippen molar-refractivity contribution in [2.75, 3.05) is 14.2 Å². The SMILES string of the molecule is CC/C(C)=C/c1ccco1.CCc1c(C)nn(-c2ccccc2)c1Cl.CCc1cc(C(F)(F)F)ccc1Cl.CCc1cc(F)ccc1OC.CCc1cc(OC)ccc1F.CCc1ccc(-c2ccc([N+](=O)[O-])cc2)o1.CCc1ccc(F)c(C(F)(F)F)c1.CCc1ccc(F)cc1C(F)(F)F.CCc1nccs1. The number of para-hydroxylation sites is 1. The van der Waals surface area contributed by atoms with Gasteiger partial charge in [-0.1, -0.05) is 121 Å². The molecule has 0 spiro atoms. The number of thiazole rings is 1. The van der Waals surface area contributed by atoms with Crippen LogP contribution in [0.4, 0.5) is 62.8 Å². The number of nitrogens with zero attached hydrogens (tertiary/aromatic N) is 4. The minimum atomic E-state index is -4.60. The molecule has 109 heavy (non-hydrogen) atoms. The molecule has 4 aromatic heterocycles. The Morgan fingerprint density at radius 2 is 1.21 bits per heavy atom. The number of nitro benzene ring substituents is 1. The molecule has 11 aromatic rings. The Hall–Kier alpha value is -9.65. The van der Waals surface area contributed by atoms with E-state index in [0.717, 1.165) is 125 Å². The predicted octanol–water partition coefficient (Wildman–Crippen LogP) is 27.1. The third-order valence-corrected chi connectivity index (χ3v) is 17.3.